The quantitative estimate of drug-likeness (QED) is 0.264. The molecule has 3 amide bonds. The van der Waals surface area contributed by atoms with Crippen LogP contribution >= 0.6 is 27.7 Å². The highest BCUT2D eigenvalue weighted by atomic mass is 79.9. The SMILES string of the molecule is C=CCN(Cn1nnc2ccccc21)C(=O)C1N(CCCO)C(=O)[C@@H]2[C@@H](C(=O)N(CC=C)CCC)[C@@H]3SC12CC3Br. The molecule has 10 nitrogen and oxygen atoms in total. The van der Waals surface area contributed by atoms with Gasteiger partial charge in [-0.15, -0.1) is 30.0 Å². The fourth-order valence-electron chi connectivity index (χ4n) is 6.83. The third kappa shape index (κ3) is 5.01. The Morgan fingerprint density at radius 1 is 1.22 bits per heavy atom. The summed E-state index contributed by atoms with van der Waals surface area (Å²) >= 11 is 5.45. The number of aliphatic hydroxyl groups excluding tert-OH is 1. The first-order valence-corrected chi connectivity index (χ1v) is 15.9. The molecule has 12 heteroatoms. The van der Waals surface area contributed by atoms with Crippen molar-refractivity contribution < 1.29 is 19.5 Å². The number of hydrogen-bond acceptors (Lipinski definition) is 7. The fraction of sp³-hybridized carbons (Fsp3) is 0.552. The van der Waals surface area contributed by atoms with Crippen molar-refractivity contribution in [1.29, 1.82) is 0 Å². The van der Waals surface area contributed by atoms with Crippen LogP contribution < -0.4 is 0 Å². The number of alkyl halides is 1. The molecule has 0 radical (unpaired) electrons. The second-order valence-electron chi connectivity index (χ2n) is 10.9. The molecule has 1 aromatic heterocycles. The minimum absolute atomic E-state index is 0.0158. The van der Waals surface area contributed by atoms with E-state index in [0.29, 0.717) is 25.9 Å². The number of nitrogens with zero attached hydrogens (tertiary/aromatic N) is 6. The molecule has 1 aromatic carbocycles. The normalized spacial score (nSPS) is 28.2. The molecule has 41 heavy (non-hydrogen) atoms. The molecule has 4 heterocycles. The van der Waals surface area contributed by atoms with Gasteiger partial charge in [0.25, 0.3) is 0 Å². The number of carbonyl (C=O) groups excluding carboxylic acids is 3. The number of para-hydroxylation sites is 1. The van der Waals surface area contributed by atoms with Gasteiger partial charge < -0.3 is 19.8 Å². The monoisotopic (exact) mass is 644 g/mol. The van der Waals surface area contributed by atoms with Crippen LogP contribution in [0.1, 0.15) is 26.2 Å². The standard InChI is InChI=1S/C29H37BrN6O4S/c1-4-12-33(13-5-2)26(38)22-23-27(39)35(15-9-16-37)25(29(23)17-19(30)24(22)41-29)28(40)34(14-6-3)18-36-21-11-8-7-10-20(21)31-32-36/h4,6-8,10-11,19,22-25,37H,1,3,5,9,12-18H2,2H3/t19?,22-,23+,24-,25?,29?/m1/s1. The third-order valence-electron chi connectivity index (χ3n) is 8.41. The number of carbonyl (C=O) groups is 3. The lowest BCUT2D eigenvalue weighted by Gasteiger charge is -2.38. The first-order chi connectivity index (χ1) is 19.8. The van der Waals surface area contributed by atoms with Gasteiger partial charge in [-0.2, -0.15) is 0 Å². The molecule has 3 unspecified atom stereocenters. The fourth-order valence-corrected chi connectivity index (χ4v) is 10.4. The Hall–Kier alpha value is -2.70. The number of fused-ring (bicyclic) bond motifs is 2. The summed E-state index contributed by atoms with van der Waals surface area (Å²) in [6.45, 7) is 11.2. The molecule has 1 spiro atoms. The number of likely N-dealkylation sites (tertiary alicyclic amines) is 1. The predicted octanol–water partition coefficient (Wildman–Crippen LogP) is 2.68. The van der Waals surface area contributed by atoms with Gasteiger partial charge in [0.1, 0.15) is 18.2 Å². The lowest BCUT2D eigenvalue weighted by atomic mass is 9.70. The van der Waals surface area contributed by atoms with Crippen molar-refractivity contribution in [2.45, 2.75) is 53.7 Å². The number of amides is 3. The molecule has 220 valence electrons. The number of benzene rings is 1. The van der Waals surface area contributed by atoms with E-state index in [2.05, 4.69) is 39.4 Å². The Morgan fingerprint density at radius 2 is 1.95 bits per heavy atom. The summed E-state index contributed by atoms with van der Waals surface area (Å²) in [6, 6.07) is 6.76. The average molecular weight is 646 g/mol. The molecule has 5 rings (SSSR count). The van der Waals surface area contributed by atoms with E-state index in [4.69, 9.17) is 0 Å². The first-order valence-electron chi connectivity index (χ1n) is 14.1. The Balaban J connectivity index is 1.53. The van der Waals surface area contributed by atoms with E-state index in [9.17, 15) is 19.5 Å². The van der Waals surface area contributed by atoms with E-state index in [0.717, 1.165) is 17.5 Å². The molecule has 0 aliphatic carbocycles. The summed E-state index contributed by atoms with van der Waals surface area (Å²) in [6.07, 6.45) is 5.11. The third-order valence-corrected chi connectivity index (χ3v) is 11.6. The van der Waals surface area contributed by atoms with Crippen LogP contribution in [0.4, 0.5) is 0 Å². The number of aromatic nitrogens is 3. The van der Waals surface area contributed by atoms with Crippen LogP contribution in [-0.4, -0.2) is 106 Å². The van der Waals surface area contributed by atoms with E-state index in [-0.39, 0.29) is 54.2 Å². The number of rotatable bonds is 13. The Morgan fingerprint density at radius 3 is 2.66 bits per heavy atom. The zero-order valence-electron chi connectivity index (χ0n) is 23.3. The topological polar surface area (TPSA) is 112 Å². The summed E-state index contributed by atoms with van der Waals surface area (Å²) in [5, 5.41) is 18.0. The number of halogens is 1. The van der Waals surface area contributed by atoms with Crippen molar-refractivity contribution in [3.05, 3.63) is 49.6 Å². The molecular formula is C29H37BrN6O4S. The van der Waals surface area contributed by atoms with E-state index in [1.165, 1.54) is 0 Å². The van der Waals surface area contributed by atoms with Crippen LogP contribution in [0.3, 0.4) is 0 Å². The van der Waals surface area contributed by atoms with Gasteiger partial charge in [-0.05, 0) is 31.4 Å². The zero-order valence-corrected chi connectivity index (χ0v) is 25.7. The van der Waals surface area contributed by atoms with Crippen LogP contribution in [0.5, 0.6) is 0 Å². The smallest absolute Gasteiger partial charge is 0.248 e. The van der Waals surface area contributed by atoms with Gasteiger partial charge in [-0.1, -0.05) is 52.4 Å². The van der Waals surface area contributed by atoms with Crippen LogP contribution in [0.25, 0.3) is 11.0 Å². The lowest BCUT2D eigenvalue weighted by molar-refractivity contribution is -0.145. The minimum Gasteiger partial charge on any atom is -0.396 e. The zero-order chi connectivity index (χ0) is 29.3. The maximum absolute atomic E-state index is 14.6. The molecule has 6 atom stereocenters. The molecule has 3 aliphatic rings. The maximum atomic E-state index is 14.6. The second-order valence-corrected chi connectivity index (χ2v) is 13.6. The van der Waals surface area contributed by atoms with Gasteiger partial charge in [0.2, 0.25) is 17.7 Å². The van der Waals surface area contributed by atoms with Crippen molar-refractivity contribution >= 4 is 56.4 Å². The van der Waals surface area contributed by atoms with Crippen LogP contribution in [0, 0.1) is 11.8 Å². The maximum Gasteiger partial charge on any atom is 0.248 e. The lowest BCUT2D eigenvalue weighted by Crippen LogP contribution is -2.56. The number of aliphatic hydroxyl groups is 1. The minimum atomic E-state index is -0.784. The summed E-state index contributed by atoms with van der Waals surface area (Å²) in [4.78, 5) is 47.9. The second kappa shape index (κ2) is 12.3. The molecule has 3 aliphatic heterocycles. The molecule has 2 bridgehead atoms. The van der Waals surface area contributed by atoms with Crippen LogP contribution in [0.15, 0.2) is 49.6 Å². The van der Waals surface area contributed by atoms with Gasteiger partial charge >= 0.3 is 0 Å². The average Bonchev–Trinajstić information content (AvgIpc) is 3.68. The van der Waals surface area contributed by atoms with Crippen LogP contribution in [-0.2, 0) is 21.1 Å². The molecule has 3 saturated heterocycles. The van der Waals surface area contributed by atoms with Crippen molar-refractivity contribution in [3.63, 3.8) is 0 Å². The van der Waals surface area contributed by atoms with Crippen LogP contribution in [0.2, 0.25) is 0 Å². The van der Waals surface area contributed by atoms with Gasteiger partial charge in [0.15, 0.2) is 0 Å². The van der Waals surface area contributed by atoms with Crippen molar-refractivity contribution in [2.24, 2.45) is 11.8 Å². The Kier molecular flexibility index (Phi) is 8.91. The van der Waals surface area contributed by atoms with Crippen molar-refractivity contribution in [3.8, 4) is 0 Å². The first kappa shape index (κ1) is 29.8. The number of hydrogen-bond donors (Lipinski definition) is 1. The predicted molar refractivity (Wildman–Crippen MR) is 162 cm³/mol. The van der Waals surface area contributed by atoms with E-state index >= 15 is 0 Å². The Labute approximate surface area is 252 Å². The van der Waals surface area contributed by atoms with Gasteiger partial charge in [0.05, 0.1) is 22.1 Å². The highest BCUT2D eigenvalue weighted by Crippen LogP contribution is 2.68. The highest BCUT2D eigenvalue weighted by Gasteiger charge is 2.76. The molecule has 1 N–H and O–H groups in total. The van der Waals surface area contributed by atoms with E-state index in [1.807, 2.05) is 31.2 Å². The molecule has 3 fully saturated rings. The summed E-state index contributed by atoms with van der Waals surface area (Å²) in [7, 11) is 0. The highest BCUT2D eigenvalue weighted by molar-refractivity contribution is 9.09. The molecule has 2 aromatic rings. The summed E-state index contributed by atoms with van der Waals surface area (Å²) in [5.74, 6) is -1.60. The van der Waals surface area contributed by atoms with E-state index in [1.54, 1.807) is 43.3 Å². The number of thioether (sulfide) groups is 1. The van der Waals surface area contributed by atoms with Gasteiger partial charge in [-0.25, -0.2) is 4.68 Å². The largest absolute Gasteiger partial charge is 0.396 e. The summed E-state index contributed by atoms with van der Waals surface area (Å²) in [5.41, 5.74) is 1.52. The Bertz CT molecular complexity index is 1340. The van der Waals surface area contributed by atoms with Crippen molar-refractivity contribution in [2.75, 3.05) is 32.8 Å². The summed E-state index contributed by atoms with van der Waals surface area (Å²) < 4.78 is 0.913. The van der Waals surface area contributed by atoms with Crippen molar-refractivity contribution in [1.82, 2.24) is 29.7 Å². The van der Waals surface area contributed by atoms with Gasteiger partial charge in [-0.3, -0.25) is 14.4 Å². The molecular weight excluding hydrogens is 608 g/mol. The van der Waals surface area contributed by atoms with E-state index < -0.39 is 22.6 Å². The van der Waals surface area contributed by atoms with Gasteiger partial charge in [0, 0.05) is 42.9 Å². The molecule has 0 saturated carbocycles.